The fraction of sp³-hybridized carbons (Fsp3) is 0.800. The van der Waals surface area contributed by atoms with E-state index in [0.29, 0.717) is 12.0 Å². The van der Waals surface area contributed by atoms with Gasteiger partial charge in [-0.05, 0) is 38.8 Å². The molecule has 2 N–H and O–H groups in total. The first-order valence-electron chi connectivity index (χ1n) is 5.74. The molecule has 1 aliphatic carbocycles. The average molecular weight is 208 g/mol. The van der Waals surface area contributed by atoms with Gasteiger partial charge in [-0.1, -0.05) is 0 Å². The van der Waals surface area contributed by atoms with Crippen molar-refractivity contribution in [3.63, 3.8) is 0 Å². The van der Waals surface area contributed by atoms with E-state index < -0.39 is 0 Å². The molecule has 0 atom stereocenters. The van der Waals surface area contributed by atoms with Gasteiger partial charge < -0.3 is 5.32 Å². The van der Waals surface area contributed by atoms with E-state index >= 15 is 0 Å². The molecule has 1 aromatic heterocycles. The molecular weight excluding hydrogens is 192 g/mol. The summed E-state index contributed by atoms with van der Waals surface area (Å²) in [5, 5.41) is 7.71. The lowest BCUT2D eigenvalue weighted by atomic mass is 10.1. The molecule has 15 heavy (non-hydrogen) atoms. The Morgan fingerprint density at radius 3 is 2.60 bits per heavy atom. The molecule has 2 heterocycles. The lowest BCUT2D eigenvalue weighted by Gasteiger charge is -2.21. The lowest BCUT2D eigenvalue weighted by Crippen LogP contribution is -2.33. The summed E-state index contributed by atoms with van der Waals surface area (Å²) in [5.41, 5.74) is -0.0243. The molecule has 2 fully saturated rings. The molecule has 1 aliphatic heterocycles. The molecule has 5 nitrogen and oxygen atoms in total. The van der Waals surface area contributed by atoms with Crippen LogP contribution in [0.2, 0.25) is 0 Å². The van der Waals surface area contributed by atoms with Crippen LogP contribution in [0.5, 0.6) is 0 Å². The predicted octanol–water partition coefficient (Wildman–Crippen LogP) is 0.373. The van der Waals surface area contributed by atoms with Gasteiger partial charge in [-0.3, -0.25) is 4.98 Å². The van der Waals surface area contributed by atoms with Crippen LogP contribution in [-0.2, 0) is 0 Å². The average Bonchev–Trinajstić information content (AvgIpc) is 3.04. The van der Waals surface area contributed by atoms with Gasteiger partial charge in [-0.25, -0.2) is 9.48 Å². The molecule has 1 saturated carbocycles. The molecule has 0 spiro atoms. The van der Waals surface area contributed by atoms with Crippen molar-refractivity contribution in [3.8, 4) is 0 Å². The zero-order chi connectivity index (χ0) is 10.3. The van der Waals surface area contributed by atoms with E-state index in [1.807, 2.05) is 0 Å². The fourth-order valence-electron chi connectivity index (χ4n) is 2.19. The summed E-state index contributed by atoms with van der Waals surface area (Å²) in [6.07, 6.45) is 4.38. The molecule has 82 valence electrons. The molecule has 0 amide bonds. The zero-order valence-corrected chi connectivity index (χ0v) is 8.70. The van der Waals surface area contributed by atoms with Crippen LogP contribution in [-0.4, -0.2) is 27.9 Å². The van der Waals surface area contributed by atoms with E-state index in [1.54, 1.807) is 4.68 Å². The lowest BCUT2D eigenvalue weighted by molar-refractivity contribution is 0.334. The quantitative estimate of drug-likeness (QED) is 0.738. The minimum absolute atomic E-state index is 0.0243. The first-order valence-corrected chi connectivity index (χ1v) is 5.74. The second-order valence-electron chi connectivity index (χ2n) is 4.52. The number of aromatic nitrogens is 3. The summed E-state index contributed by atoms with van der Waals surface area (Å²) in [4.78, 5) is 14.6. The van der Waals surface area contributed by atoms with E-state index in [-0.39, 0.29) is 5.69 Å². The van der Waals surface area contributed by atoms with Gasteiger partial charge in [0.05, 0.1) is 6.04 Å². The Bertz CT molecular complexity index is 398. The van der Waals surface area contributed by atoms with Crippen molar-refractivity contribution in [1.82, 2.24) is 20.1 Å². The van der Waals surface area contributed by atoms with Gasteiger partial charge in [0, 0.05) is 5.92 Å². The minimum Gasteiger partial charge on any atom is -0.317 e. The van der Waals surface area contributed by atoms with Crippen molar-refractivity contribution in [2.45, 2.75) is 37.6 Å². The topological polar surface area (TPSA) is 62.7 Å². The standard InChI is InChI=1S/C10H16N4O/c15-10-12-9(7-1-2-7)13-14(10)8-3-5-11-6-4-8/h7-8,11H,1-6H2,(H,12,13,15). The van der Waals surface area contributed by atoms with E-state index in [0.717, 1.165) is 31.8 Å². The summed E-state index contributed by atoms with van der Waals surface area (Å²) in [7, 11) is 0. The Morgan fingerprint density at radius 2 is 1.93 bits per heavy atom. The van der Waals surface area contributed by atoms with Gasteiger partial charge in [0.15, 0.2) is 0 Å². The van der Waals surface area contributed by atoms with Crippen LogP contribution < -0.4 is 11.0 Å². The van der Waals surface area contributed by atoms with Gasteiger partial charge in [0.25, 0.3) is 0 Å². The maximum atomic E-state index is 11.7. The number of rotatable bonds is 2. The predicted molar refractivity (Wildman–Crippen MR) is 56.0 cm³/mol. The maximum absolute atomic E-state index is 11.7. The highest BCUT2D eigenvalue weighted by molar-refractivity contribution is 5.03. The Morgan fingerprint density at radius 1 is 1.20 bits per heavy atom. The second kappa shape index (κ2) is 3.48. The summed E-state index contributed by atoms with van der Waals surface area (Å²) >= 11 is 0. The number of piperidine rings is 1. The Balaban J connectivity index is 1.86. The monoisotopic (exact) mass is 208 g/mol. The first-order chi connectivity index (χ1) is 7.34. The van der Waals surface area contributed by atoms with Crippen LogP contribution in [0.4, 0.5) is 0 Å². The van der Waals surface area contributed by atoms with E-state index in [1.165, 1.54) is 12.8 Å². The van der Waals surface area contributed by atoms with Crippen molar-refractivity contribution in [2.24, 2.45) is 0 Å². The normalized spacial score (nSPS) is 23.2. The van der Waals surface area contributed by atoms with Crippen LogP contribution in [0.1, 0.15) is 43.5 Å². The van der Waals surface area contributed by atoms with Crippen LogP contribution in [0, 0.1) is 0 Å². The largest absolute Gasteiger partial charge is 0.343 e. The molecule has 0 unspecified atom stereocenters. The third-order valence-electron chi connectivity index (χ3n) is 3.28. The number of aromatic amines is 1. The van der Waals surface area contributed by atoms with Gasteiger partial charge in [-0.2, -0.15) is 5.10 Å². The van der Waals surface area contributed by atoms with Crippen molar-refractivity contribution < 1.29 is 0 Å². The zero-order valence-electron chi connectivity index (χ0n) is 8.70. The minimum atomic E-state index is -0.0243. The second-order valence-corrected chi connectivity index (χ2v) is 4.52. The molecule has 2 aliphatic rings. The molecule has 3 rings (SSSR count). The molecular formula is C10H16N4O. The summed E-state index contributed by atoms with van der Waals surface area (Å²) in [6, 6.07) is 0.294. The van der Waals surface area contributed by atoms with Gasteiger partial charge >= 0.3 is 5.69 Å². The summed E-state index contributed by atoms with van der Waals surface area (Å²) in [5.74, 6) is 1.43. The van der Waals surface area contributed by atoms with Crippen molar-refractivity contribution in [3.05, 3.63) is 16.3 Å². The molecule has 1 saturated heterocycles. The van der Waals surface area contributed by atoms with Crippen molar-refractivity contribution >= 4 is 0 Å². The van der Waals surface area contributed by atoms with Crippen LogP contribution in [0.25, 0.3) is 0 Å². The summed E-state index contributed by atoms with van der Waals surface area (Å²) < 4.78 is 1.66. The maximum Gasteiger partial charge on any atom is 0.343 e. The number of H-pyrrole nitrogens is 1. The van der Waals surface area contributed by atoms with E-state index in [2.05, 4.69) is 15.4 Å². The Hall–Kier alpha value is -1.10. The number of hydrogen-bond donors (Lipinski definition) is 2. The van der Waals surface area contributed by atoms with Crippen molar-refractivity contribution in [1.29, 1.82) is 0 Å². The van der Waals surface area contributed by atoms with Crippen molar-refractivity contribution in [2.75, 3.05) is 13.1 Å². The summed E-state index contributed by atoms with van der Waals surface area (Å²) in [6.45, 7) is 1.98. The van der Waals surface area contributed by atoms with Gasteiger partial charge in [-0.15, -0.1) is 0 Å². The third-order valence-corrected chi connectivity index (χ3v) is 3.28. The van der Waals surface area contributed by atoms with Gasteiger partial charge in [0.2, 0.25) is 0 Å². The third kappa shape index (κ3) is 1.71. The molecule has 5 heteroatoms. The molecule has 0 aromatic carbocycles. The Labute approximate surface area is 87.9 Å². The Kier molecular flexibility index (Phi) is 2.12. The van der Waals surface area contributed by atoms with E-state index in [9.17, 15) is 4.79 Å². The number of hydrogen-bond acceptors (Lipinski definition) is 3. The SMILES string of the molecule is O=c1[nH]c(C2CC2)nn1C1CCNCC1. The highest BCUT2D eigenvalue weighted by atomic mass is 16.2. The van der Waals surface area contributed by atoms with Gasteiger partial charge in [0.1, 0.15) is 5.82 Å². The first kappa shape index (κ1) is 9.15. The molecule has 1 aromatic rings. The van der Waals surface area contributed by atoms with Crippen LogP contribution in [0.3, 0.4) is 0 Å². The van der Waals surface area contributed by atoms with Crippen LogP contribution >= 0.6 is 0 Å². The number of nitrogens with one attached hydrogen (secondary N) is 2. The molecule has 0 radical (unpaired) electrons. The van der Waals surface area contributed by atoms with Crippen LogP contribution in [0.15, 0.2) is 4.79 Å². The highest BCUT2D eigenvalue weighted by Crippen LogP contribution is 2.37. The number of nitrogens with zero attached hydrogens (tertiary/aromatic N) is 2. The smallest absolute Gasteiger partial charge is 0.317 e. The van der Waals surface area contributed by atoms with E-state index in [4.69, 9.17) is 0 Å². The molecule has 0 bridgehead atoms. The highest BCUT2D eigenvalue weighted by Gasteiger charge is 2.29. The fourth-order valence-corrected chi connectivity index (χ4v) is 2.19.